The molecule has 2 aromatic carbocycles. The van der Waals surface area contributed by atoms with Crippen LogP contribution >= 0.6 is 24.8 Å². The molecule has 1 aliphatic heterocycles. The van der Waals surface area contributed by atoms with Crippen molar-refractivity contribution in [3.8, 4) is 5.75 Å². The van der Waals surface area contributed by atoms with Gasteiger partial charge in [0.1, 0.15) is 5.75 Å². The summed E-state index contributed by atoms with van der Waals surface area (Å²) in [5.74, 6) is -0.705. The number of halogens is 5. The van der Waals surface area contributed by atoms with Gasteiger partial charge < -0.3 is 15.4 Å². The van der Waals surface area contributed by atoms with Gasteiger partial charge in [0.15, 0.2) is 0 Å². The fourth-order valence-corrected chi connectivity index (χ4v) is 4.91. The van der Waals surface area contributed by atoms with Gasteiger partial charge in [0.25, 0.3) is 0 Å². The van der Waals surface area contributed by atoms with Crippen molar-refractivity contribution in [2.75, 3.05) is 13.7 Å². The first-order chi connectivity index (χ1) is 14.5. The van der Waals surface area contributed by atoms with E-state index >= 15 is 0 Å². The Labute approximate surface area is 200 Å². The Morgan fingerprint density at radius 1 is 1.06 bits per heavy atom. The second kappa shape index (κ2) is 11.6. The van der Waals surface area contributed by atoms with Crippen LogP contribution in [0, 0.1) is 0 Å². The molecule has 2 aromatic rings. The van der Waals surface area contributed by atoms with E-state index < -0.39 is 12.1 Å². The Hall–Kier alpha value is -1.47. The zero-order valence-corrected chi connectivity index (χ0v) is 19.7. The number of hydrogen-bond acceptors (Lipinski definition) is 3. The van der Waals surface area contributed by atoms with E-state index in [-0.39, 0.29) is 43.3 Å². The monoisotopic (exact) mass is 490 g/mol. The second-order valence-corrected chi connectivity index (χ2v) is 8.32. The molecule has 0 spiro atoms. The van der Waals surface area contributed by atoms with Crippen molar-refractivity contribution in [2.45, 2.75) is 62.8 Å². The van der Waals surface area contributed by atoms with Crippen LogP contribution in [-0.2, 0) is 13.0 Å². The van der Waals surface area contributed by atoms with Gasteiger partial charge in [-0.2, -0.15) is 13.2 Å². The Bertz CT molecular complexity index is 864. The molecule has 0 amide bonds. The lowest BCUT2D eigenvalue weighted by Gasteiger charge is -2.34. The third-order valence-corrected chi connectivity index (χ3v) is 6.42. The maximum atomic E-state index is 13.6. The quantitative estimate of drug-likeness (QED) is 0.530. The molecule has 1 unspecified atom stereocenters. The molecule has 1 fully saturated rings. The number of piperidine rings is 1. The van der Waals surface area contributed by atoms with E-state index in [4.69, 9.17) is 4.74 Å². The predicted octanol–water partition coefficient (Wildman–Crippen LogP) is 6.10. The average molecular weight is 491 g/mol. The first kappa shape index (κ1) is 26.8. The molecule has 1 aliphatic carbocycles. The van der Waals surface area contributed by atoms with Crippen molar-refractivity contribution in [3.05, 3.63) is 64.7 Å². The zero-order valence-electron chi connectivity index (χ0n) is 18.1. The van der Waals surface area contributed by atoms with Gasteiger partial charge in [-0.1, -0.05) is 30.3 Å². The van der Waals surface area contributed by atoms with Crippen molar-refractivity contribution in [1.82, 2.24) is 10.6 Å². The standard InChI is InChI=1S/C24H29F3N2O.2ClH/c1-30-22-14-17-9-5-10-20(24(25,26)27)19(17)13-18(22)15-29-21-11-6-12-28-23(21)16-7-3-2-4-8-16;;/h2-4,7-8,13-14,20-21,23,28-29H,5-6,9-12,15H2,1H3;2*1H/t20?,21-,23-;;/m0../s1. The average Bonchev–Trinajstić information content (AvgIpc) is 2.76. The summed E-state index contributed by atoms with van der Waals surface area (Å²) in [7, 11) is 1.59. The molecule has 2 aliphatic rings. The molecular weight excluding hydrogens is 460 g/mol. The topological polar surface area (TPSA) is 33.3 Å². The maximum absolute atomic E-state index is 13.6. The molecule has 1 heterocycles. The van der Waals surface area contributed by atoms with Crippen LogP contribution in [0.4, 0.5) is 13.2 Å². The van der Waals surface area contributed by atoms with E-state index in [1.807, 2.05) is 24.3 Å². The number of ether oxygens (including phenoxy) is 1. The number of benzene rings is 2. The molecule has 1 saturated heterocycles. The summed E-state index contributed by atoms with van der Waals surface area (Å²) in [6.45, 7) is 1.45. The summed E-state index contributed by atoms with van der Waals surface area (Å²) in [5.41, 5.74) is 3.22. The van der Waals surface area contributed by atoms with Crippen LogP contribution in [-0.4, -0.2) is 25.9 Å². The number of hydrogen-bond donors (Lipinski definition) is 2. The molecule has 8 heteroatoms. The van der Waals surface area contributed by atoms with Crippen LogP contribution in [0.2, 0.25) is 0 Å². The van der Waals surface area contributed by atoms with Gasteiger partial charge in [-0.15, -0.1) is 24.8 Å². The van der Waals surface area contributed by atoms with E-state index in [0.717, 1.165) is 30.5 Å². The summed E-state index contributed by atoms with van der Waals surface area (Å²) >= 11 is 0. The summed E-state index contributed by atoms with van der Waals surface area (Å²) in [6, 6.07) is 14.2. The first-order valence-electron chi connectivity index (χ1n) is 10.8. The molecule has 178 valence electrons. The number of nitrogens with one attached hydrogen (secondary N) is 2. The van der Waals surface area contributed by atoms with Gasteiger partial charge in [-0.05, 0) is 67.5 Å². The zero-order chi connectivity index (χ0) is 21.1. The third kappa shape index (κ3) is 5.90. The molecule has 0 saturated carbocycles. The van der Waals surface area contributed by atoms with Crippen LogP contribution in [0.3, 0.4) is 0 Å². The third-order valence-electron chi connectivity index (χ3n) is 6.42. The van der Waals surface area contributed by atoms with Gasteiger partial charge >= 0.3 is 6.18 Å². The largest absolute Gasteiger partial charge is 0.496 e. The van der Waals surface area contributed by atoms with E-state index in [1.165, 1.54) is 5.56 Å². The molecule has 0 bridgehead atoms. The normalized spacial score (nSPS) is 22.8. The maximum Gasteiger partial charge on any atom is 0.395 e. The van der Waals surface area contributed by atoms with Gasteiger partial charge in [0, 0.05) is 24.2 Å². The van der Waals surface area contributed by atoms with Gasteiger partial charge in [-0.3, -0.25) is 0 Å². The van der Waals surface area contributed by atoms with Crippen LogP contribution in [0.5, 0.6) is 5.75 Å². The summed E-state index contributed by atoms with van der Waals surface area (Å²) in [5, 5.41) is 7.18. The molecule has 0 radical (unpaired) electrons. The highest BCUT2D eigenvalue weighted by molar-refractivity contribution is 5.85. The molecule has 0 aromatic heterocycles. The lowest BCUT2D eigenvalue weighted by molar-refractivity contribution is -0.153. The van der Waals surface area contributed by atoms with E-state index in [0.29, 0.717) is 30.7 Å². The Kier molecular flexibility index (Phi) is 9.70. The van der Waals surface area contributed by atoms with Crippen molar-refractivity contribution in [2.24, 2.45) is 0 Å². The predicted molar refractivity (Wildman–Crippen MR) is 126 cm³/mol. The molecule has 2 N–H and O–H groups in total. The number of rotatable bonds is 5. The molecule has 3 atom stereocenters. The van der Waals surface area contributed by atoms with Crippen LogP contribution in [0.1, 0.15) is 59.9 Å². The van der Waals surface area contributed by atoms with Crippen molar-refractivity contribution in [1.29, 1.82) is 0 Å². The fraction of sp³-hybridized carbons (Fsp3) is 0.500. The number of alkyl halides is 3. The molecule has 3 nitrogen and oxygen atoms in total. The van der Waals surface area contributed by atoms with Crippen LogP contribution < -0.4 is 15.4 Å². The van der Waals surface area contributed by atoms with Gasteiger partial charge in [-0.25, -0.2) is 0 Å². The minimum Gasteiger partial charge on any atom is -0.496 e. The highest BCUT2D eigenvalue weighted by atomic mass is 35.5. The van der Waals surface area contributed by atoms with Gasteiger partial charge in [0.2, 0.25) is 0 Å². The Morgan fingerprint density at radius 3 is 2.50 bits per heavy atom. The minimum absolute atomic E-state index is 0. The minimum atomic E-state index is -4.21. The van der Waals surface area contributed by atoms with Crippen molar-refractivity contribution in [3.63, 3.8) is 0 Å². The highest BCUT2D eigenvalue weighted by Gasteiger charge is 2.43. The van der Waals surface area contributed by atoms with Crippen molar-refractivity contribution >= 4 is 24.8 Å². The number of fused-ring (bicyclic) bond motifs is 1. The van der Waals surface area contributed by atoms with E-state index in [1.54, 1.807) is 13.2 Å². The SMILES string of the molecule is COc1cc2c(cc1CN[C@H]1CCCN[C@H]1c1ccccc1)C(C(F)(F)F)CCC2.Cl.Cl. The van der Waals surface area contributed by atoms with E-state index in [2.05, 4.69) is 22.8 Å². The lowest BCUT2D eigenvalue weighted by atomic mass is 9.81. The summed E-state index contributed by atoms with van der Waals surface area (Å²) in [6.07, 6.45) is -0.721. The van der Waals surface area contributed by atoms with Crippen molar-refractivity contribution < 1.29 is 17.9 Å². The van der Waals surface area contributed by atoms with Crippen LogP contribution in [0.25, 0.3) is 0 Å². The molecule has 32 heavy (non-hydrogen) atoms. The summed E-state index contributed by atoms with van der Waals surface area (Å²) in [4.78, 5) is 0. The van der Waals surface area contributed by atoms with Gasteiger partial charge in [0.05, 0.1) is 13.0 Å². The second-order valence-electron chi connectivity index (χ2n) is 8.32. The smallest absolute Gasteiger partial charge is 0.395 e. The molecular formula is C24H31Cl2F3N2O. The lowest BCUT2D eigenvalue weighted by Crippen LogP contribution is -2.45. The fourth-order valence-electron chi connectivity index (χ4n) is 4.91. The number of aryl methyl sites for hydroxylation is 1. The number of methoxy groups -OCH3 is 1. The highest BCUT2D eigenvalue weighted by Crippen LogP contribution is 2.44. The Balaban J connectivity index is 0.00000181. The van der Waals surface area contributed by atoms with E-state index in [9.17, 15) is 13.2 Å². The Morgan fingerprint density at radius 2 is 1.81 bits per heavy atom. The first-order valence-corrected chi connectivity index (χ1v) is 10.8. The van der Waals surface area contributed by atoms with Crippen LogP contribution in [0.15, 0.2) is 42.5 Å². The summed E-state index contributed by atoms with van der Waals surface area (Å²) < 4.78 is 46.3. The molecule has 4 rings (SSSR count).